The van der Waals surface area contributed by atoms with Gasteiger partial charge in [0.1, 0.15) is 5.60 Å². The topological polar surface area (TPSA) is 38.3 Å². The van der Waals surface area contributed by atoms with E-state index in [9.17, 15) is 4.79 Å². The lowest BCUT2D eigenvalue weighted by atomic mass is 10.2. The molecule has 0 rings (SSSR count). The zero-order valence-corrected chi connectivity index (χ0v) is 9.46. The fourth-order valence-electron chi connectivity index (χ4n) is 0.557. The molecule has 1 amide bonds. The summed E-state index contributed by atoms with van der Waals surface area (Å²) in [6.45, 7) is 9.68. The number of alkyl carbamates (subject to hydrolysis) is 1. The second-order valence-corrected chi connectivity index (χ2v) is 4.58. The summed E-state index contributed by atoms with van der Waals surface area (Å²) in [5.41, 5.74) is -0.440. The third-order valence-corrected chi connectivity index (χ3v) is 1.84. The maximum Gasteiger partial charge on any atom is 0.407 e. The first-order valence-electron chi connectivity index (χ1n) is 4.04. The Bertz CT molecular complexity index is 196. The molecule has 4 heteroatoms. The molecule has 0 heterocycles. The highest BCUT2D eigenvalue weighted by atomic mass is 32.2. The molecular weight excluding hydrogens is 186 g/mol. The van der Waals surface area contributed by atoms with Gasteiger partial charge >= 0.3 is 6.09 Å². The van der Waals surface area contributed by atoms with Gasteiger partial charge in [0.15, 0.2) is 0 Å². The standard InChI is InChI=1S/C9H17NO2S/c1-7(13-5)6-10-8(11)12-9(2,3)4/h1,6H2,2-5H3,(H,10,11). The number of hydrogen-bond acceptors (Lipinski definition) is 3. The molecule has 0 aromatic heterocycles. The van der Waals surface area contributed by atoms with Gasteiger partial charge in [-0.25, -0.2) is 4.79 Å². The van der Waals surface area contributed by atoms with Gasteiger partial charge in [-0.2, -0.15) is 0 Å². The first-order chi connectivity index (χ1) is 5.85. The van der Waals surface area contributed by atoms with Crippen LogP contribution >= 0.6 is 11.8 Å². The summed E-state index contributed by atoms with van der Waals surface area (Å²) in [6, 6.07) is 0. The van der Waals surface area contributed by atoms with Crippen molar-refractivity contribution in [3.63, 3.8) is 0 Å². The Labute approximate surface area is 83.9 Å². The van der Waals surface area contributed by atoms with E-state index < -0.39 is 11.7 Å². The summed E-state index contributed by atoms with van der Waals surface area (Å²) < 4.78 is 5.03. The average Bonchev–Trinajstić information content (AvgIpc) is 1.97. The molecule has 0 radical (unpaired) electrons. The molecule has 0 atom stereocenters. The van der Waals surface area contributed by atoms with Crippen molar-refractivity contribution in [2.45, 2.75) is 26.4 Å². The maximum absolute atomic E-state index is 11.1. The molecule has 76 valence electrons. The summed E-state index contributed by atoms with van der Waals surface area (Å²) in [4.78, 5) is 12.0. The summed E-state index contributed by atoms with van der Waals surface area (Å²) in [6.07, 6.45) is 1.52. The van der Waals surface area contributed by atoms with E-state index in [2.05, 4.69) is 11.9 Å². The molecule has 3 nitrogen and oxygen atoms in total. The van der Waals surface area contributed by atoms with Crippen LogP contribution in [0.25, 0.3) is 0 Å². The van der Waals surface area contributed by atoms with Crippen molar-refractivity contribution < 1.29 is 9.53 Å². The average molecular weight is 203 g/mol. The Morgan fingerprint density at radius 3 is 2.46 bits per heavy atom. The van der Waals surface area contributed by atoms with Crippen LogP contribution in [0.2, 0.25) is 0 Å². The number of hydrogen-bond donors (Lipinski definition) is 1. The van der Waals surface area contributed by atoms with Gasteiger partial charge in [0.2, 0.25) is 0 Å². The van der Waals surface area contributed by atoms with E-state index in [1.165, 1.54) is 11.8 Å². The van der Waals surface area contributed by atoms with Crippen LogP contribution in [0.4, 0.5) is 4.79 Å². The first-order valence-corrected chi connectivity index (χ1v) is 5.26. The Morgan fingerprint density at radius 2 is 2.08 bits per heavy atom. The molecule has 0 aliphatic carbocycles. The summed E-state index contributed by atoms with van der Waals surface area (Å²) in [5, 5.41) is 2.61. The molecule has 0 saturated carbocycles. The molecule has 0 aromatic carbocycles. The van der Waals surface area contributed by atoms with Crippen molar-refractivity contribution in [1.82, 2.24) is 5.32 Å². The van der Waals surface area contributed by atoms with Crippen molar-refractivity contribution >= 4 is 17.9 Å². The third kappa shape index (κ3) is 7.71. The number of nitrogens with one attached hydrogen (secondary N) is 1. The van der Waals surface area contributed by atoms with Gasteiger partial charge in [0.25, 0.3) is 0 Å². The minimum Gasteiger partial charge on any atom is -0.444 e. The summed E-state index contributed by atoms with van der Waals surface area (Å²) >= 11 is 1.52. The van der Waals surface area contributed by atoms with Crippen LogP contribution < -0.4 is 5.32 Å². The number of rotatable bonds is 3. The zero-order chi connectivity index (χ0) is 10.5. The first kappa shape index (κ1) is 12.4. The Morgan fingerprint density at radius 1 is 1.54 bits per heavy atom. The van der Waals surface area contributed by atoms with Crippen LogP contribution in [-0.2, 0) is 4.74 Å². The SMILES string of the molecule is C=C(CNC(=O)OC(C)(C)C)SC. The molecule has 0 unspecified atom stereocenters. The molecular formula is C9H17NO2S. The second-order valence-electron chi connectivity index (χ2n) is 3.60. The van der Waals surface area contributed by atoms with Crippen molar-refractivity contribution in [2.24, 2.45) is 0 Å². The van der Waals surface area contributed by atoms with Crippen LogP contribution in [0.5, 0.6) is 0 Å². The molecule has 0 spiro atoms. The van der Waals surface area contributed by atoms with Crippen molar-refractivity contribution in [3.8, 4) is 0 Å². The molecule has 0 aliphatic rings. The number of amides is 1. The zero-order valence-electron chi connectivity index (χ0n) is 8.64. The van der Waals surface area contributed by atoms with Crippen molar-refractivity contribution in [2.75, 3.05) is 12.8 Å². The molecule has 0 aliphatic heterocycles. The highest BCUT2D eigenvalue weighted by Crippen LogP contribution is 2.08. The highest BCUT2D eigenvalue weighted by molar-refractivity contribution is 8.02. The Balaban J connectivity index is 3.71. The number of thioether (sulfide) groups is 1. The van der Waals surface area contributed by atoms with Gasteiger partial charge in [-0.15, -0.1) is 11.8 Å². The lowest BCUT2D eigenvalue weighted by molar-refractivity contribution is 0.0533. The normalized spacial score (nSPS) is 10.8. The van der Waals surface area contributed by atoms with E-state index >= 15 is 0 Å². The molecule has 1 N–H and O–H groups in total. The van der Waals surface area contributed by atoms with Gasteiger partial charge in [0, 0.05) is 0 Å². The molecule has 0 fully saturated rings. The van der Waals surface area contributed by atoms with E-state index in [1.54, 1.807) is 0 Å². The van der Waals surface area contributed by atoms with Gasteiger partial charge in [-0.1, -0.05) is 6.58 Å². The van der Waals surface area contributed by atoms with E-state index in [-0.39, 0.29) is 0 Å². The predicted molar refractivity (Wildman–Crippen MR) is 56.9 cm³/mol. The van der Waals surface area contributed by atoms with Gasteiger partial charge in [-0.05, 0) is 31.9 Å². The van der Waals surface area contributed by atoms with Crippen LogP contribution in [0, 0.1) is 0 Å². The quantitative estimate of drug-likeness (QED) is 0.765. The van der Waals surface area contributed by atoms with Gasteiger partial charge < -0.3 is 10.1 Å². The fourth-order valence-corrected chi connectivity index (χ4v) is 0.774. The van der Waals surface area contributed by atoms with Crippen LogP contribution in [-0.4, -0.2) is 24.5 Å². The van der Waals surface area contributed by atoms with Crippen LogP contribution in [0.1, 0.15) is 20.8 Å². The summed E-state index contributed by atoms with van der Waals surface area (Å²) in [5.74, 6) is 0. The molecule has 0 saturated heterocycles. The molecule has 0 bridgehead atoms. The highest BCUT2D eigenvalue weighted by Gasteiger charge is 2.15. The lowest BCUT2D eigenvalue weighted by Crippen LogP contribution is -2.33. The van der Waals surface area contributed by atoms with E-state index in [0.29, 0.717) is 6.54 Å². The molecule has 0 aromatic rings. The Hall–Kier alpha value is -0.640. The summed E-state index contributed by atoms with van der Waals surface area (Å²) in [7, 11) is 0. The van der Waals surface area contributed by atoms with E-state index in [0.717, 1.165) is 4.91 Å². The van der Waals surface area contributed by atoms with E-state index in [4.69, 9.17) is 4.74 Å². The lowest BCUT2D eigenvalue weighted by Gasteiger charge is -2.19. The smallest absolute Gasteiger partial charge is 0.407 e. The van der Waals surface area contributed by atoms with Crippen molar-refractivity contribution in [3.05, 3.63) is 11.5 Å². The minimum absolute atomic E-state index is 0.400. The fraction of sp³-hybridized carbons (Fsp3) is 0.667. The van der Waals surface area contributed by atoms with Crippen LogP contribution in [0.3, 0.4) is 0 Å². The second kappa shape index (κ2) is 5.17. The van der Waals surface area contributed by atoms with Gasteiger partial charge in [-0.3, -0.25) is 0 Å². The largest absolute Gasteiger partial charge is 0.444 e. The van der Waals surface area contributed by atoms with Gasteiger partial charge in [0.05, 0.1) is 6.54 Å². The van der Waals surface area contributed by atoms with Crippen LogP contribution in [0.15, 0.2) is 11.5 Å². The van der Waals surface area contributed by atoms with E-state index in [1.807, 2.05) is 27.0 Å². The monoisotopic (exact) mass is 203 g/mol. The maximum atomic E-state index is 11.1. The third-order valence-electron chi connectivity index (χ3n) is 1.12. The predicted octanol–water partition coefficient (Wildman–Crippen LogP) is 2.39. The number of ether oxygens (including phenoxy) is 1. The number of carbonyl (C=O) groups excluding carboxylic acids is 1. The minimum atomic E-state index is -0.440. The Kier molecular flexibility index (Phi) is 4.91. The van der Waals surface area contributed by atoms with Crippen molar-refractivity contribution in [1.29, 1.82) is 0 Å². The molecule has 13 heavy (non-hydrogen) atoms. The number of carbonyl (C=O) groups is 1.